The minimum atomic E-state index is -0.244. The maximum atomic E-state index is 11.7. The molecule has 2 heterocycles. The van der Waals surface area contributed by atoms with Crippen LogP contribution in [-0.4, -0.2) is 34.1 Å². The van der Waals surface area contributed by atoms with Crippen LogP contribution in [0.4, 0.5) is 5.69 Å². The summed E-state index contributed by atoms with van der Waals surface area (Å²) in [5.41, 5.74) is 1.25. The van der Waals surface area contributed by atoms with Crippen molar-refractivity contribution < 1.29 is 9.90 Å². The first-order chi connectivity index (χ1) is 9.75. The summed E-state index contributed by atoms with van der Waals surface area (Å²) in [5.74, 6) is -0.200. The molecule has 0 aliphatic heterocycles. The summed E-state index contributed by atoms with van der Waals surface area (Å²) in [7, 11) is 0. The molecule has 3 N–H and O–H groups in total. The Morgan fingerprint density at radius 1 is 1.20 bits per heavy atom. The van der Waals surface area contributed by atoms with Crippen LogP contribution in [0.5, 0.6) is 5.75 Å². The van der Waals surface area contributed by atoms with Gasteiger partial charge in [0.15, 0.2) is 0 Å². The van der Waals surface area contributed by atoms with Gasteiger partial charge >= 0.3 is 0 Å². The first-order valence-corrected chi connectivity index (χ1v) is 6.33. The molecular formula is C14H16N4O2. The quantitative estimate of drug-likeness (QED) is 0.692. The van der Waals surface area contributed by atoms with Crippen LogP contribution in [0.15, 0.2) is 42.9 Å². The van der Waals surface area contributed by atoms with Crippen LogP contribution in [0, 0.1) is 0 Å². The average molecular weight is 272 g/mol. The number of hydrogen-bond acceptors (Lipinski definition) is 5. The molecule has 2 aromatic rings. The Labute approximate surface area is 116 Å². The first-order valence-electron chi connectivity index (χ1n) is 6.33. The first kappa shape index (κ1) is 13.8. The fraction of sp³-hybridized carbons (Fsp3) is 0.214. The number of nitrogens with one attached hydrogen (secondary N) is 2. The fourth-order valence-electron chi connectivity index (χ4n) is 1.60. The zero-order valence-corrected chi connectivity index (χ0v) is 10.9. The predicted molar refractivity (Wildman–Crippen MR) is 75.6 cm³/mol. The molecule has 0 spiro atoms. The van der Waals surface area contributed by atoms with Gasteiger partial charge in [0.05, 0.1) is 11.9 Å². The van der Waals surface area contributed by atoms with Crippen LogP contribution in [0.2, 0.25) is 0 Å². The van der Waals surface area contributed by atoms with E-state index in [-0.39, 0.29) is 11.7 Å². The predicted octanol–water partition coefficient (Wildman–Crippen LogP) is 1.41. The van der Waals surface area contributed by atoms with Gasteiger partial charge in [-0.1, -0.05) is 0 Å². The monoisotopic (exact) mass is 272 g/mol. The highest BCUT2D eigenvalue weighted by Crippen LogP contribution is 2.05. The lowest BCUT2D eigenvalue weighted by atomic mass is 10.3. The molecule has 0 saturated heterocycles. The molecule has 0 aromatic carbocycles. The highest BCUT2D eigenvalue weighted by Gasteiger charge is 2.05. The second-order valence-corrected chi connectivity index (χ2v) is 4.18. The molecule has 0 saturated carbocycles. The fourth-order valence-corrected chi connectivity index (χ4v) is 1.60. The number of aromatic nitrogens is 2. The van der Waals surface area contributed by atoms with Crippen molar-refractivity contribution in [2.24, 2.45) is 0 Å². The molecule has 0 fully saturated rings. The number of amides is 1. The zero-order chi connectivity index (χ0) is 14.2. The number of pyridine rings is 2. The molecule has 0 unspecified atom stereocenters. The number of carbonyl (C=O) groups excluding carboxylic acids is 1. The molecule has 0 bridgehead atoms. The second-order valence-electron chi connectivity index (χ2n) is 4.18. The Hall–Kier alpha value is -2.63. The van der Waals surface area contributed by atoms with Crippen molar-refractivity contribution in [3.05, 3.63) is 48.5 Å². The summed E-state index contributed by atoms with van der Waals surface area (Å²) in [6, 6.07) is 6.72. The van der Waals surface area contributed by atoms with Gasteiger partial charge in [0.2, 0.25) is 0 Å². The van der Waals surface area contributed by atoms with Crippen LogP contribution in [0.3, 0.4) is 0 Å². The van der Waals surface area contributed by atoms with E-state index in [0.717, 1.165) is 18.7 Å². The topological polar surface area (TPSA) is 87.1 Å². The molecular weight excluding hydrogens is 256 g/mol. The third kappa shape index (κ3) is 4.24. The van der Waals surface area contributed by atoms with Gasteiger partial charge in [-0.15, -0.1) is 0 Å². The number of aromatic hydroxyl groups is 1. The van der Waals surface area contributed by atoms with Crippen molar-refractivity contribution in [3.8, 4) is 5.75 Å². The number of anilines is 1. The third-order valence-electron chi connectivity index (χ3n) is 2.61. The van der Waals surface area contributed by atoms with E-state index in [2.05, 4.69) is 20.6 Å². The van der Waals surface area contributed by atoms with Crippen molar-refractivity contribution in [2.75, 3.05) is 18.4 Å². The standard InChI is InChI=1S/C14H16N4O2/c19-12-4-5-13(18-10-12)14(20)17-8-2-7-16-11-3-1-6-15-9-11/h1,3-6,9-10,16,19H,2,7-8H2,(H,17,20). The molecule has 1 amide bonds. The maximum absolute atomic E-state index is 11.7. The van der Waals surface area contributed by atoms with Gasteiger partial charge in [0, 0.05) is 25.5 Å². The number of carbonyl (C=O) groups is 1. The van der Waals surface area contributed by atoms with Crippen LogP contribution >= 0.6 is 0 Å². The molecule has 6 heteroatoms. The molecule has 2 rings (SSSR count). The van der Waals surface area contributed by atoms with Gasteiger partial charge in [-0.05, 0) is 30.7 Å². The summed E-state index contributed by atoms with van der Waals surface area (Å²) >= 11 is 0. The zero-order valence-electron chi connectivity index (χ0n) is 10.9. The lowest BCUT2D eigenvalue weighted by Gasteiger charge is -2.07. The molecule has 20 heavy (non-hydrogen) atoms. The number of hydrogen-bond donors (Lipinski definition) is 3. The number of rotatable bonds is 6. The Morgan fingerprint density at radius 3 is 2.80 bits per heavy atom. The van der Waals surface area contributed by atoms with E-state index in [9.17, 15) is 4.79 Å². The van der Waals surface area contributed by atoms with Gasteiger partial charge in [-0.25, -0.2) is 4.98 Å². The lowest BCUT2D eigenvalue weighted by molar-refractivity contribution is 0.0948. The Bertz CT molecular complexity index is 543. The summed E-state index contributed by atoms with van der Waals surface area (Å²) in [4.78, 5) is 19.5. The third-order valence-corrected chi connectivity index (χ3v) is 2.61. The van der Waals surface area contributed by atoms with Crippen LogP contribution in [0.1, 0.15) is 16.9 Å². The summed E-state index contributed by atoms with van der Waals surface area (Å²) in [5, 5.41) is 15.1. The van der Waals surface area contributed by atoms with Gasteiger partial charge in [0.1, 0.15) is 11.4 Å². The highest BCUT2D eigenvalue weighted by atomic mass is 16.3. The average Bonchev–Trinajstić information content (AvgIpc) is 2.48. The van der Waals surface area contributed by atoms with Crippen molar-refractivity contribution in [1.29, 1.82) is 0 Å². The molecule has 104 valence electrons. The van der Waals surface area contributed by atoms with Gasteiger partial charge in [-0.3, -0.25) is 9.78 Å². The van der Waals surface area contributed by atoms with E-state index in [1.54, 1.807) is 12.4 Å². The molecule has 0 radical (unpaired) electrons. The van der Waals surface area contributed by atoms with E-state index in [0.29, 0.717) is 12.2 Å². The van der Waals surface area contributed by atoms with Crippen molar-refractivity contribution >= 4 is 11.6 Å². The van der Waals surface area contributed by atoms with Crippen LogP contribution in [-0.2, 0) is 0 Å². The number of nitrogens with zero attached hydrogens (tertiary/aromatic N) is 2. The van der Waals surface area contributed by atoms with E-state index in [1.165, 1.54) is 18.3 Å². The molecule has 0 aliphatic rings. The Balaban J connectivity index is 1.66. The minimum absolute atomic E-state index is 0.0437. The van der Waals surface area contributed by atoms with Crippen molar-refractivity contribution in [3.63, 3.8) is 0 Å². The minimum Gasteiger partial charge on any atom is -0.506 e. The second kappa shape index (κ2) is 7.08. The van der Waals surface area contributed by atoms with E-state index in [4.69, 9.17) is 5.11 Å². The molecule has 2 aromatic heterocycles. The normalized spacial score (nSPS) is 10.0. The smallest absolute Gasteiger partial charge is 0.269 e. The summed E-state index contributed by atoms with van der Waals surface area (Å²) < 4.78 is 0. The van der Waals surface area contributed by atoms with Crippen LogP contribution in [0.25, 0.3) is 0 Å². The Kier molecular flexibility index (Phi) is 4.88. The molecule has 0 atom stereocenters. The van der Waals surface area contributed by atoms with Gasteiger partial charge < -0.3 is 15.7 Å². The highest BCUT2D eigenvalue weighted by molar-refractivity contribution is 5.92. The van der Waals surface area contributed by atoms with E-state index < -0.39 is 0 Å². The maximum Gasteiger partial charge on any atom is 0.269 e. The summed E-state index contributed by atoms with van der Waals surface area (Å²) in [6.45, 7) is 1.30. The van der Waals surface area contributed by atoms with Crippen molar-refractivity contribution in [2.45, 2.75) is 6.42 Å². The molecule has 0 aliphatic carbocycles. The SMILES string of the molecule is O=C(NCCCNc1cccnc1)c1ccc(O)cn1. The van der Waals surface area contributed by atoms with Crippen LogP contribution < -0.4 is 10.6 Å². The lowest BCUT2D eigenvalue weighted by Crippen LogP contribution is -2.26. The largest absolute Gasteiger partial charge is 0.506 e. The van der Waals surface area contributed by atoms with Crippen molar-refractivity contribution in [1.82, 2.24) is 15.3 Å². The molecule has 6 nitrogen and oxygen atoms in total. The van der Waals surface area contributed by atoms with Gasteiger partial charge in [0.25, 0.3) is 5.91 Å². The summed E-state index contributed by atoms with van der Waals surface area (Å²) in [6.07, 6.45) is 5.51. The van der Waals surface area contributed by atoms with E-state index >= 15 is 0 Å². The van der Waals surface area contributed by atoms with Gasteiger partial charge in [-0.2, -0.15) is 0 Å². The Morgan fingerprint density at radius 2 is 2.10 bits per heavy atom. The van der Waals surface area contributed by atoms with E-state index in [1.807, 2.05) is 12.1 Å².